The largest absolute Gasteiger partial charge is 0.354 e. The van der Waals surface area contributed by atoms with Crippen LogP contribution >= 0.6 is 27.3 Å². The summed E-state index contributed by atoms with van der Waals surface area (Å²) in [5.41, 5.74) is 0. The van der Waals surface area contributed by atoms with Gasteiger partial charge in [0.25, 0.3) is 5.91 Å². The molecule has 0 saturated carbocycles. The van der Waals surface area contributed by atoms with Gasteiger partial charge in [-0.3, -0.25) is 9.59 Å². The molecule has 2 atom stereocenters. The van der Waals surface area contributed by atoms with Crippen LogP contribution < -0.4 is 10.6 Å². The van der Waals surface area contributed by atoms with Crippen LogP contribution in [0.25, 0.3) is 0 Å². The van der Waals surface area contributed by atoms with Crippen LogP contribution in [0, 0.1) is 5.92 Å². The van der Waals surface area contributed by atoms with Gasteiger partial charge >= 0.3 is 0 Å². The first-order valence-electron chi connectivity index (χ1n) is 7.81. The highest BCUT2D eigenvalue weighted by molar-refractivity contribution is 9.11. The number of thiophene rings is 1. The molecule has 1 heterocycles. The number of rotatable bonds is 9. The third-order valence-corrected chi connectivity index (χ3v) is 5.27. The zero-order chi connectivity index (χ0) is 16.5. The first-order valence-corrected chi connectivity index (χ1v) is 9.42. The lowest BCUT2D eigenvalue weighted by atomic mass is 9.99. The van der Waals surface area contributed by atoms with Crippen LogP contribution in [0.4, 0.5) is 0 Å². The SMILES string of the molecule is CCCCC(CC)CNC(=O)C(C)NC(=O)c1ccc(Br)s1. The van der Waals surface area contributed by atoms with Crippen LogP contribution in [-0.4, -0.2) is 24.4 Å². The van der Waals surface area contributed by atoms with Crippen molar-refractivity contribution in [2.45, 2.75) is 52.5 Å². The van der Waals surface area contributed by atoms with E-state index in [9.17, 15) is 9.59 Å². The Morgan fingerprint density at radius 2 is 2.05 bits per heavy atom. The van der Waals surface area contributed by atoms with E-state index in [1.807, 2.05) is 6.07 Å². The number of carbonyl (C=O) groups excluding carboxylic acids is 2. The van der Waals surface area contributed by atoms with Gasteiger partial charge in [0.05, 0.1) is 8.66 Å². The zero-order valence-electron chi connectivity index (χ0n) is 13.4. The molecule has 0 aliphatic carbocycles. The average Bonchev–Trinajstić information content (AvgIpc) is 2.93. The number of carbonyl (C=O) groups is 2. The lowest BCUT2D eigenvalue weighted by Crippen LogP contribution is -2.45. The summed E-state index contributed by atoms with van der Waals surface area (Å²) in [5.74, 6) is 0.176. The van der Waals surface area contributed by atoms with Crippen molar-refractivity contribution in [1.29, 1.82) is 0 Å². The molecule has 2 unspecified atom stereocenters. The van der Waals surface area contributed by atoms with E-state index in [1.54, 1.807) is 13.0 Å². The maximum absolute atomic E-state index is 12.1. The Labute approximate surface area is 145 Å². The molecule has 6 heteroatoms. The Morgan fingerprint density at radius 1 is 1.32 bits per heavy atom. The quantitative estimate of drug-likeness (QED) is 0.672. The van der Waals surface area contributed by atoms with Crippen LogP contribution in [0.3, 0.4) is 0 Å². The fraction of sp³-hybridized carbons (Fsp3) is 0.625. The van der Waals surface area contributed by atoms with E-state index >= 15 is 0 Å². The molecule has 124 valence electrons. The summed E-state index contributed by atoms with van der Waals surface area (Å²) in [4.78, 5) is 24.7. The monoisotopic (exact) mass is 388 g/mol. The van der Waals surface area contributed by atoms with Crippen molar-refractivity contribution < 1.29 is 9.59 Å². The standard InChI is InChI=1S/C16H25BrN2O2S/c1-4-6-7-12(5-2)10-18-15(20)11(3)19-16(21)13-8-9-14(17)22-13/h8-9,11-12H,4-7,10H2,1-3H3,(H,18,20)(H,19,21). The van der Waals surface area contributed by atoms with Gasteiger partial charge in [-0.05, 0) is 47.3 Å². The Hall–Kier alpha value is -0.880. The molecule has 2 amide bonds. The Morgan fingerprint density at radius 3 is 2.59 bits per heavy atom. The Kier molecular flexibility index (Phi) is 8.71. The molecular weight excluding hydrogens is 364 g/mol. The highest BCUT2D eigenvalue weighted by atomic mass is 79.9. The number of hydrogen-bond acceptors (Lipinski definition) is 3. The molecule has 1 aromatic rings. The first-order chi connectivity index (χ1) is 10.5. The van der Waals surface area contributed by atoms with Gasteiger partial charge in [0.1, 0.15) is 6.04 Å². The second-order valence-electron chi connectivity index (χ2n) is 5.46. The van der Waals surface area contributed by atoms with Gasteiger partial charge in [-0.2, -0.15) is 0 Å². The minimum Gasteiger partial charge on any atom is -0.354 e. The summed E-state index contributed by atoms with van der Waals surface area (Å²) in [6.07, 6.45) is 4.56. The third-order valence-electron chi connectivity index (χ3n) is 3.65. The van der Waals surface area contributed by atoms with Crippen LogP contribution in [0.5, 0.6) is 0 Å². The van der Waals surface area contributed by atoms with E-state index in [2.05, 4.69) is 40.4 Å². The van der Waals surface area contributed by atoms with E-state index < -0.39 is 6.04 Å². The van der Waals surface area contributed by atoms with Crippen molar-refractivity contribution in [2.75, 3.05) is 6.54 Å². The van der Waals surface area contributed by atoms with Crippen molar-refractivity contribution in [1.82, 2.24) is 10.6 Å². The van der Waals surface area contributed by atoms with Crippen molar-refractivity contribution in [2.24, 2.45) is 5.92 Å². The van der Waals surface area contributed by atoms with Gasteiger partial charge in [-0.25, -0.2) is 0 Å². The van der Waals surface area contributed by atoms with Gasteiger partial charge in [-0.1, -0.05) is 33.1 Å². The summed E-state index contributed by atoms with van der Waals surface area (Å²) in [5, 5.41) is 5.68. The van der Waals surface area contributed by atoms with E-state index in [1.165, 1.54) is 24.2 Å². The number of amides is 2. The molecule has 0 aliphatic heterocycles. The molecular formula is C16H25BrN2O2S. The average molecular weight is 389 g/mol. The molecule has 0 radical (unpaired) electrons. The van der Waals surface area contributed by atoms with Crippen LogP contribution in [0.1, 0.15) is 56.1 Å². The Balaban J connectivity index is 2.39. The van der Waals surface area contributed by atoms with Crippen molar-refractivity contribution >= 4 is 39.1 Å². The predicted molar refractivity (Wildman–Crippen MR) is 95.3 cm³/mol. The number of hydrogen-bond donors (Lipinski definition) is 2. The van der Waals surface area contributed by atoms with Crippen LogP contribution in [0.15, 0.2) is 15.9 Å². The van der Waals surface area contributed by atoms with Crippen molar-refractivity contribution in [3.63, 3.8) is 0 Å². The second kappa shape index (κ2) is 10.0. The normalized spacial score (nSPS) is 13.5. The van der Waals surface area contributed by atoms with Crippen molar-refractivity contribution in [3.8, 4) is 0 Å². The fourth-order valence-corrected chi connectivity index (χ4v) is 3.40. The smallest absolute Gasteiger partial charge is 0.262 e. The van der Waals surface area contributed by atoms with Gasteiger partial charge in [0.15, 0.2) is 0 Å². The maximum atomic E-state index is 12.1. The number of nitrogens with one attached hydrogen (secondary N) is 2. The minimum atomic E-state index is -0.531. The Bertz CT molecular complexity index is 490. The van der Waals surface area contributed by atoms with E-state index in [0.717, 1.165) is 16.6 Å². The highest BCUT2D eigenvalue weighted by Crippen LogP contribution is 2.21. The summed E-state index contributed by atoms with van der Waals surface area (Å²) in [6, 6.07) is 3.04. The number of halogens is 1. The van der Waals surface area contributed by atoms with Crippen LogP contribution in [0.2, 0.25) is 0 Å². The van der Waals surface area contributed by atoms with Crippen LogP contribution in [-0.2, 0) is 4.79 Å². The predicted octanol–water partition coefficient (Wildman–Crippen LogP) is 3.96. The van der Waals surface area contributed by atoms with E-state index in [4.69, 9.17) is 0 Å². The molecule has 4 nitrogen and oxygen atoms in total. The topological polar surface area (TPSA) is 58.2 Å². The lowest BCUT2D eigenvalue weighted by Gasteiger charge is -2.18. The van der Waals surface area contributed by atoms with Crippen molar-refractivity contribution in [3.05, 3.63) is 20.8 Å². The summed E-state index contributed by atoms with van der Waals surface area (Å²) in [6.45, 7) is 6.71. The molecule has 2 N–H and O–H groups in total. The fourth-order valence-electron chi connectivity index (χ4n) is 2.11. The first kappa shape index (κ1) is 19.2. The summed E-state index contributed by atoms with van der Waals surface area (Å²) < 4.78 is 0.900. The molecule has 0 spiro atoms. The van der Waals surface area contributed by atoms with E-state index in [-0.39, 0.29) is 11.8 Å². The molecule has 1 rings (SSSR count). The summed E-state index contributed by atoms with van der Waals surface area (Å²) >= 11 is 4.68. The lowest BCUT2D eigenvalue weighted by molar-refractivity contribution is -0.122. The van der Waals surface area contributed by atoms with E-state index in [0.29, 0.717) is 17.3 Å². The molecule has 0 fully saturated rings. The molecule has 0 aromatic carbocycles. The molecule has 0 saturated heterocycles. The molecule has 0 bridgehead atoms. The molecule has 1 aromatic heterocycles. The second-order valence-corrected chi connectivity index (χ2v) is 7.92. The number of unbranched alkanes of at least 4 members (excludes halogenated alkanes) is 1. The van der Waals surface area contributed by atoms with Gasteiger partial charge in [-0.15, -0.1) is 11.3 Å². The molecule has 0 aliphatic rings. The molecule has 22 heavy (non-hydrogen) atoms. The third kappa shape index (κ3) is 6.48. The van der Waals surface area contributed by atoms with Gasteiger partial charge in [0.2, 0.25) is 5.91 Å². The summed E-state index contributed by atoms with van der Waals surface area (Å²) in [7, 11) is 0. The van der Waals surface area contributed by atoms with Gasteiger partial charge < -0.3 is 10.6 Å². The highest BCUT2D eigenvalue weighted by Gasteiger charge is 2.18. The van der Waals surface area contributed by atoms with Gasteiger partial charge in [0, 0.05) is 6.54 Å². The maximum Gasteiger partial charge on any atom is 0.262 e. The zero-order valence-corrected chi connectivity index (χ0v) is 15.9. The minimum absolute atomic E-state index is 0.126.